The fourth-order valence-electron chi connectivity index (χ4n) is 2.06. The molecule has 0 heterocycles. The van der Waals surface area contributed by atoms with Crippen LogP contribution in [0.1, 0.15) is 18.1 Å². The molecule has 0 radical (unpaired) electrons. The zero-order chi connectivity index (χ0) is 15.3. The number of hydrogen-bond acceptors (Lipinski definition) is 5. The second-order valence-corrected chi connectivity index (χ2v) is 6.58. The van der Waals surface area contributed by atoms with Crippen LogP contribution in [0.15, 0.2) is 17.0 Å². The quantitative estimate of drug-likeness (QED) is 0.512. The zero-order valence-corrected chi connectivity index (χ0v) is 13.3. The van der Waals surface area contributed by atoms with Gasteiger partial charge in [-0.05, 0) is 50.7 Å². The number of nitrogens with one attached hydrogen (secondary N) is 2. The Morgan fingerprint density at radius 2 is 1.80 bits per heavy atom. The van der Waals surface area contributed by atoms with E-state index in [-0.39, 0.29) is 0 Å². The molecule has 0 aliphatic carbocycles. The highest BCUT2D eigenvalue weighted by Gasteiger charge is 2.19. The fraction of sp³-hybridized carbons (Fsp3) is 0.538. The molecule has 20 heavy (non-hydrogen) atoms. The predicted molar refractivity (Wildman–Crippen MR) is 82.1 cm³/mol. The van der Waals surface area contributed by atoms with Gasteiger partial charge in [0, 0.05) is 18.8 Å². The van der Waals surface area contributed by atoms with Gasteiger partial charge in [-0.2, -0.15) is 0 Å². The Hall–Kier alpha value is -1.15. The number of aryl methyl sites for hydroxylation is 2. The van der Waals surface area contributed by atoms with Crippen molar-refractivity contribution in [3.63, 3.8) is 0 Å². The number of sulfonamides is 1. The van der Waals surface area contributed by atoms with E-state index >= 15 is 0 Å². The molecule has 4 N–H and O–H groups in total. The molecule has 0 saturated heterocycles. The van der Waals surface area contributed by atoms with E-state index in [2.05, 4.69) is 10.1 Å². The molecular formula is C13H24N4O2S. The van der Waals surface area contributed by atoms with Crippen LogP contribution in [0.5, 0.6) is 0 Å². The minimum absolute atomic E-state index is 0.329. The summed E-state index contributed by atoms with van der Waals surface area (Å²) >= 11 is 0. The van der Waals surface area contributed by atoms with E-state index in [1.54, 1.807) is 26.0 Å². The lowest BCUT2D eigenvalue weighted by Gasteiger charge is -2.16. The third-order valence-corrected chi connectivity index (χ3v) is 4.99. The summed E-state index contributed by atoms with van der Waals surface area (Å²) in [6.45, 7) is 7.51. The van der Waals surface area contributed by atoms with E-state index in [1.165, 1.54) is 0 Å². The largest absolute Gasteiger partial charge is 0.324 e. The first kappa shape index (κ1) is 16.9. The van der Waals surface area contributed by atoms with Crippen LogP contribution in [0.3, 0.4) is 0 Å². The first-order chi connectivity index (χ1) is 9.31. The van der Waals surface area contributed by atoms with E-state index in [9.17, 15) is 8.42 Å². The number of anilines is 1. The van der Waals surface area contributed by atoms with Crippen LogP contribution in [0.25, 0.3) is 0 Å². The van der Waals surface area contributed by atoms with Gasteiger partial charge in [-0.3, -0.25) is 5.84 Å². The predicted octanol–water partition coefficient (Wildman–Crippen LogP) is 0.819. The van der Waals surface area contributed by atoms with Crippen LogP contribution in [0.2, 0.25) is 0 Å². The van der Waals surface area contributed by atoms with E-state index in [1.807, 2.05) is 18.9 Å². The second kappa shape index (κ2) is 7.03. The van der Waals surface area contributed by atoms with Gasteiger partial charge in [0.15, 0.2) is 0 Å². The van der Waals surface area contributed by atoms with Crippen LogP contribution in [0, 0.1) is 13.8 Å². The first-order valence-corrected chi connectivity index (χ1v) is 8.06. The maximum Gasteiger partial charge on any atom is 0.241 e. The first-order valence-electron chi connectivity index (χ1n) is 6.58. The standard InChI is InChI=1S/C13H24N4O2S/c1-5-17(4)7-6-15-20(18,19)13-10(2)8-12(16-14)9-11(13)3/h8-9,15-16H,5-7,14H2,1-4H3. The van der Waals surface area contributed by atoms with Gasteiger partial charge in [-0.1, -0.05) is 6.92 Å². The van der Waals surface area contributed by atoms with Crippen LogP contribution in [-0.4, -0.2) is 40.0 Å². The summed E-state index contributed by atoms with van der Waals surface area (Å²) in [5, 5.41) is 0. The van der Waals surface area contributed by atoms with E-state index in [0.29, 0.717) is 34.8 Å². The molecule has 6 nitrogen and oxygen atoms in total. The van der Waals surface area contributed by atoms with Crippen LogP contribution in [-0.2, 0) is 10.0 Å². The van der Waals surface area contributed by atoms with E-state index in [4.69, 9.17) is 5.84 Å². The molecular weight excluding hydrogens is 276 g/mol. The van der Waals surface area contributed by atoms with Crippen molar-refractivity contribution in [1.29, 1.82) is 0 Å². The van der Waals surface area contributed by atoms with Crippen molar-refractivity contribution >= 4 is 15.7 Å². The van der Waals surface area contributed by atoms with Crippen molar-refractivity contribution in [3.05, 3.63) is 23.3 Å². The second-order valence-electron chi connectivity index (χ2n) is 4.88. The summed E-state index contributed by atoms with van der Waals surface area (Å²) in [5.41, 5.74) is 4.58. The maximum absolute atomic E-state index is 12.4. The molecule has 1 aromatic carbocycles. The van der Waals surface area contributed by atoms with Gasteiger partial charge in [-0.25, -0.2) is 13.1 Å². The topological polar surface area (TPSA) is 87.5 Å². The van der Waals surface area contributed by atoms with Crippen molar-refractivity contribution in [2.24, 2.45) is 5.84 Å². The highest BCUT2D eigenvalue weighted by atomic mass is 32.2. The number of nitrogens with two attached hydrogens (primary N) is 1. The molecule has 0 atom stereocenters. The van der Waals surface area contributed by atoms with E-state index in [0.717, 1.165) is 6.54 Å². The Balaban J connectivity index is 2.93. The van der Waals surface area contributed by atoms with Crippen LogP contribution < -0.4 is 16.0 Å². The number of hydrazine groups is 1. The maximum atomic E-state index is 12.4. The molecule has 0 fully saturated rings. The number of nitrogen functional groups attached to an aromatic ring is 1. The van der Waals surface area contributed by atoms with Gasteiger partial charge >= 0.3 is 0 Å². The average Bonchev–Trinajstić information content (AvgIpc) is 2.36. The Morgan fingerprint density at radius 1 is 1.25 bits per heavy atom. The van der Waals surface area contributed by atoms with Crippen LogP contribution >= 0.6 is 0 Å². The highest BCUT2D eigenvalue weighted by molar-refractivity contribution is 7.89. The summed E-state index contributed by atoms with van der Waals surface area (Å²) < 4.78 is 27.4. The fourth-order valence-corrected chi connectivity index (χ4v) is 3.53. The number of likely N-dealkylation sites (N-methyl/N-ethyl adjacent to an activating group) is 1. The molecule has 1 aromatic rings. The summed E-state index contributed by atoms with van der Waals surface area (Å²) in [6.07, 6.45) is 0. The lowest BCUT2D eigenvalue weighted by molar-refractivity contribution is 0.358. The third kappa shape index (κ3) is 4.17. The lowest BCUT2D eigenvalue weighted by Crippen LogP contribution is -2.33. The molecule has 0 unspecified atom stereocenters. The van der Waals surface area contributed by atoms with Crippen molar-refractivity contribution in [2.45, 2.75) is 25.7 Å². The summed E-state index contributed by atoms with van der Waals surface area (Å²) in [5.74, 6) is 5.35. The summed E-state index contributed by atoms with van der Waals surface area (Å²) in [6, 6.07) is 3.44. The summed E-state index contributed by atoms with van der Waals surface area (Å²) in [4.78, 5) is 2.37. The molecule has 0 aliphatic rings. The number of rotatable bonds is 7. The number of nitrogens with zero attached hydrogens (tertiary/aromatic N) is 1. The molecule has 0 spiro atoms. The molecule has 0 saturated carbocycles. The SMILES string of the molecule is CCN(C)CCNS(=O)(=O)c1c(C)cc(NN)cc1C. The molecule has 0 aromatic heterocycles. The molecule has 0 aliphatic heterocycles. The van der Waals surface area contributed by atoms with Crippen molar-refractivity contribution in [3.8, 4) is 0 Å². The van der Waals surface area contributed by atoms with Crippen molar-refractivity contribution in [2.75, 3.05) is 32.1 Å². The van der Waals surface area contributed by atoms with Gasteiger partial charge in [0.1, 0.15) is 0 Å². The van der Waals surface area contributed by atoms with Gasteiger partial charge in [0.2, 0.25) is 10.0 Å². The van der Waals surface area contributed by atoms with E-state index < -0.39 is 10.0 Å². The minimum atomic E-state index is -3.50. The summed E-state index contributed by atoms with van der Waals surface area (Å²) in [7, 11) is -1.54. The van der Waals surface area contributed by atoms with Crippen LogP contribution in [0.4, 0.5) is 5.69 Å². The minimum Gasteiger partial charge on any atom is -0.324 e. The third-order valence-electron chi connectivity index (χ3n) is 3.22. The zero-order valence-electron chi connectivity index (χ0n) is 12.5. The molecule has 114 valence electrons. The number of benzene rings is 1. The molecule has 1 rings (SSSR count). The monoisotopic (exact) mass is 300 g/mol. The Bertz CT molecular complexity index is 534. The van der Waals surface area contributed by atoms with Crippen molar-refractivity contribution < 1.29 is 8.42 Å². The lowest BCUT2D eigenvalue weighted by atomic mass is 10.1. The smallest absolute Gasteiger partial charge is 0.241 e. The highest BCUT2D eigenvalue weighted by Crippen LogP contribution is 2.23. The van der Waals surface area contributed by atoms with Gasteiger partial charge < -0.3 is 10.3 Å². The van der Waals surface area contributed by atoms with Crippen molar-refractivity contribution in [1.82, 2.24) is 9.62 Å². The molecule has 7 heteroatoms. The normalized spacial score (nSPS) is 11.9. The van der Waals surface area contributed by atoms with Gasteiger partial charge in [0.05, 0.1) is 4.90 Å². The van der Waals surface area contributed by atoms with Gasteiger partial charge in [-0.15, -0.1) is 0 Å². The van der Waals surface area contributed by atoms with Gasteiger partial charge in [0.25, 0.3) is 0 Å². The average molecular weight is 300 g/mol. The Morgan fingerprint density at radius 3 is 2.25 bits per heavy atom. The Labute approximate surface area is 121 Å². The Kier molecular flexibility index (Phi) is 5.94. The number of hydrogen-bond donors (Lipinski definition) is 3. The molecule has 0 amide bonds. The molecule has 0 bridgehead atoms.